The van der Waals surface area contributed by atoms with Gasteiger partial charge in [-0.15, -0.1) is 0 Å². The molecule has 1 atom stereocenters. The Morgan fingerprint density at radius 2 is 2.24 bits per heavy atom. The molecule has 1 heterocycles. The monoisotopic (exact) mass is 239 g/mol. The summed E-state index contributed by atoms with van der Waals surface area (Å²) in [4.78, 5) is 12.0. The van der Waals surface area contributed by atoms with Crippen molar-refractivity contribution in [1.29, 1.82) is 0 Å². The van der Waals surface area contributed by atoms with Gasteiger partial charge in [0.2, 0.25) is 0 Å². The van der Waals surface area contributed by atoms with E-state index < -0.39 is 0 Å². The van der Waals surface area contributed by atoms with Crippen molar-refractivity contribution in [2.45, 2.75) is 39.3 Å². The molecule has 0 saturated heterocycles. The summed E-state index contributed by atoms with van der Waals surface area (Å²) in [5.74, 6) is -0.198. The van der Waals surface area contributed by atoms with Crippen LogP contribution in [0.15, 0.2) is 12.3 Å². The highest BCUT2D eigenvalue weighted by Crippen LogP contribution is 2.16. The fraction of sp³-hybridized carbons (Fsp3) is 0.583. The zero-order valence-corrected chi connectivity index (χ0v) is 10.6. The van der Waals surface area contributed by atoms with Gasteiger partial charge < -0.3 is 20.7 Å². The quantitative estimate of drug-likeness (QED) is 0.721. The number of rotatable bonds is 5. The van der Waals surface area contributed by atoms with Crippen molar-refractivity contribution in [3.8, 4) is 0 Å². The van der Waals surface area contributed by atoms with Gasteiger partial charge in [-0.2, -0.15) is 0 Å². The molecule has 4 N–H and O–H groups in total. The van der Waals surface area contributed by atoms with Crippen molar-refractivity contribution < 1.29 is 9.90 Å². The molecule has 0 bridgehead atoms. The minimum Gasteiger partial charge on any atom is -0.397 e. The van der Waals surface area contributed by atoms with Gasteiger partial charge in [-0.05, 0) is 26.3 Å². The number of nitrogens with zero attached hydrogens (tertiary/aromatic N) is 1. The Bertz CT molecular complexity index is 381. The Labute approximate surface area is 102 Å². The van der Waals surface area contributed by atoms with Crippen molar-refractivity contribution in [1.82, 2.24) is 9.88 Å². The molecule has 1 aromatic rings. The van der Waals surface area contributed by atoms with Crippen LogP contribution >= 0.6 is 0 Å². The SMILES string of the molecule is CCC(CO)NC(=O)c1cc(N)cn1C(C)C. The van der Waals surface area contributed by atoms with E-state index in [0.717, 1.165) is 0 Å². The van der Waals surface area contributed by atoms with Crippen LogP contribution in [0.3, 0.4) is 0 Å². The number of nitrogens with one attached hydrogen (secondary N) is 1. The van der Waals surface area contributed by atoms with Crippen LogP contribution in [-0.4, -0.2) is 28.2 Å². The molecule has 5 nitrogen and oxygen atoms in total. The second-order valence-corrected chi connectivity index (χ2v) is 4.42. The van der Waals surface area contributed by atoms with Gasteiger partial charge in [-0.3, -0.25) is 4.79 Å². The highest BCUT2D eigenvalue weighted by Gasteiger charge is 2.17. The summed E-state index contributed by atoms with van der Waals surface area (Å²) in [5, 5.41) is 11.8. The number of aliphatic hydroxyl groups excluding tert-OH is 1. The predicted molar refractivity (Wildman–Crippen MR) is 67.9 cm³/mol. The van der Waals surface area contributed by atoms with Gasteiger partial charge in [0, 0.05) is 12.2 Å². The highest BCUT2D eigenvalue weighted by atomic mass is 16.3. The number of hydrogen-bond acceptors (Lipinski definition) is 3. The Hall–Kier alpha value is -1.49. The first-order valence-electron chi connectivity index (χ1n) is 5.88. The van der Waals surface area contributed by atoms with Gasteiger partial charge in [-0.25, -0.2) is 0 Å². The summed E-state index contributed by atoms with van der Waals surface area (Å²) in [5.41, 5.74) is 6.80. The summed E-state index contributed by atoms with van der Waals surface area (Å²) >= 11 is 0. The van der Waals surface area contributed by atoms with Crippen molar-refractivity contribution in [2.24, 2.45) is 0 Å². The Morgan fingerprint density at radius 1 is 1.59 bits per heavy atom. The van der Waals surface area contributed by atoms with Crippen LogP contribution in [-0.2, 0) is 0 Å². The zero-order chi connectivity index (χ0) is 13.0. The van der Waals surface area contributed by atoms with Crippen LogP contribution in [0.25, 0.3) is 0 Å². The van der Waals surface area contributed by atoms with Crippen LogP contribution in [0.1, 0.15) is 43.7 Å². The molecule has 0 radical (unpaired) electrons. The average Bonchev–Trinajstić information content (AvgIpc) is 2.68. The third-order valence-electron chi connectivity index (χ3n) is 2.71. The second-order valence-electron chi connectivity index (χ2n) is 4.42. The van der Waals surface area contributed by atoms with Gasteiger partial charge in [-0.1, -0.05) is 6.92 Å². The first-order chi connectivity index (χ1) is 7.99. The van der Waals surface area contributed by atoms with Crippen LogP contribution in [0.5, 0.6) is 0 Å². The minimum absolute atomic E-state index is 0.0554. The highest BCUT2D eigenvalue weighted by molar-refractivity contribution is 5.94. The van der Waals surface area contributed by atoms with Crippen molar-refractivity contribution in [2.75, 3.05) is 12.3 Å². The molecule has 1 rings (SSSR count). The third kappa shape index (κ3) is 3.23. The molecule has 5 heteroatoms. The summed E-state index contributed by atoms with van der Waals surface area (Å²) in [7, 11) is 0. The lowest BCUT2D eigenvalue weighted by Gasteiger charge is -2.16. The van der Waals surface area contributed by atoms with E-state index in [2.05, 4.69) is 5.32 Å². The molecule has 1 amide bonds. The maximum Gasteiger partial charge on any atom is 0.268 e. The first kappa shape index (κ1) is 13.6. The summed E-state index contributed by atoms with van der Waals surface area (Å²) in [6.07, 6.45) is 2.44. The zero-order valence-electron chi connectivity index (χ0n) is 10.6. The Balaban J connectivity index is 2.88. The number of carbonyl (C=O) groups excluding carboxylic acids is 1. The predicted octanol–water partition coefficient (Wildman–Crippen LogP) is 1.15. The summed E-state index contributed by atoms with van der Waals surface area (Å²) in [6, 6.07) is 1.61. The van der Waals surface area contributed by atoms with Crippen LogP contribution in [0.4, 0.5) is 5.69 Å². The van der Waals surface area contributed by atoms with E-state index in [0.29, 0.717) is 17.8 Å². The lowest BCUT2D eigenvalue weighted by molar-refractivity contribution is 0.0904. The molecular weight excluding hydrogens is 218 g/mol. The van der Waals surface area contributed by atoms with Gasteiger partial charge in [0.1, 0.15) is 5.69 Å². The molecular formula is C12H21N3O2. The van der Waals surface area contributed by atoms with Crippen LogP contribution < -0.4 is 11.1 Å². The maximum atomic E-state index is 12.0. The number of aliphatic hydroxyl groups is 1. The number of hydrogen-bond donors (Lipinski definition) is 3. The molecule has 0 aliphatic rings. The topological polar surface area (TPSA) is 80.3 Å². The lowest BCUT2D eigenvalue weighted by atomic mass is 10.2. The van der Waals surface area contributed by atoms with Gasteiger partial charge in [0.05, 0.1) is 18.3 Å². The minimum atomic E-state index is -0.209. The fourth-order valence-corrected chi connectivity index (χ4v) is 1.65. The van der Waals surface area contributed by atoms with E-state index in [-0.39, 0.29) is 24.6 Å². The number of nitrogen functional groups attached to an aromatic ring is 1. The molecule has 0 aliphatic heterocycles. The fourth-order valence-electron chi connectivity index (χ4n) is 1.65. The van der Waals surface area contributed by atoms with Gasteiger partial charge in [0.15, 0.2) is 0 Å². The second kappa shape index (κ2) is 5.72. The smallest absolute Gasteiger partial charge is 0.268 e. The van der Waals surface area contributed by atoms with E-state index in [1.54, 1.807) is 12.3 Å². The van der Waals surface area contributed by atoms with Crippen LogP contribution in [0.2, 0.25) is 0 Å². The standard InChI is InChI=1S/C12H21N3O2/c1-4-10(7-16)14-12(17)11-5-9(13)6-15(11)8(2)3/h5-6,8,10,16H,4,7,13H2,1-3H3,(H,14,17). The molecule has 96 valence electrons. The Kier molecular flexibility index (Phi) is 4.57. The van der Waals surface area contributed by atoms with E-state index in [1.165, 1.54) is 0 Å². The third-order valence-corrected chi connectivity index (χ3v) is 2.71. The average molecular weight is 239 g/mol. The number of amides is 1. The van der Waals surface area contributed by atoms with Crippen molar-refractivity contribution >= 4 is 11.6 Å². The van der Waals surface area contributed by atoms with Crippen molar-refractivity contribution in [3.05, 3.63) is 18.0 Å². The molecule has 0 fully saturated rings. The molecule has 0 spiro atoms. The van der Waals surface area contributed by atoms with Gasteiger partial charge >= 0.3 is 0 Å². The molecule has 1 unspecified atom stereocenters. The molecule has 1 aromatic heterocycles. The van der Waals surface area contributed by atoms with Crippen LogP contribution in [0, 0.1) is 0 Å². The van der Waals surface area contributed by atoms with E-state index in [4.69, 9.17) is 10.8 Å². The van der Waals surface area contributed by atoms with E-state index in [1.807, 2.05) is 25.3 Å². The first-order valence-corrected chi connectivity index (χ1v) is 5.88. The Morgan fingerprint density at radius 3 is 2.71 bits per heavy atom. The van der Waals surface area contributed by atoms with E-state index >= 15 is 0 Å². The summed E-state index contributed by atoms with van der Waals surface area (Å²) < 4.78 is 1.83. The molecule has 0 aromatic carbocycles. The molecule has 17 heavy (non-hydrogen) atoms. The number of anilines is 1. The molecule has 0 aliphatic carbocycles. The number of nitrogens with two attached hydrogens (primary N) is 1. The normalized spacial score (nSPS) is 12.8. The largest absolute Gasteiger partial charge is 0.397 e. The number of carbonyl (C=O) groups is 1. The van der Waals surface area contributed by atoms with E-state index in [9.17, 15) is 4.79 Å². The number of aromatic nitrogens is 1. The van der Waals surface area contributed by atoms with Gasteiger partial charge in [0.25, 0.3) is 5.91 Å². The lowest BCUT2D eigenvalue weighted by Crippen LogP contribution is -2.38. The summed E-state index contributed by atoms with van der Waals surface area (Å²) in [6.45, 7) is 5.83. The maximum absolute atomic E-state index is 12.0. The molecule has 0 saturated carbocycles. The van der Waals surface area contributed by atoms with Crippen molar-refractivity contribution in [3.63, 3.8) is 0 Å².